The third kappa shape index (κ3) is 1.47. The largest absolute Gasteiger partial charge is 0.477 e. The molecule has 3 nitrogen and oxygen atoms in total. The molecule has 0 aliphatic rings. The molecule has 0 aliphatic heterocycles. The van der Waals surface area contributed by atoms with Gasteiger partial charge in [-0.1, -0.05) is 23.2 Å². The first kappa shape index (κ1) is 11.3. The third-order valence-electron chi connectivity index (χ3n) is 2.66. The van der Waals surface area contributed by atoms with Gasteiger partial charge < -0.3 is 9.67 Å². The normalized spacial score (nSPS) is 11.0. The second-order valence-electron chi connectivity index (χ2n) is 3.62. The van der Waals surface area contributed by atoms with Crippen molar-refractivity contribution in [2.24, 2.45) is 7.05 Å². The van der Waals surface area contributed by atoms with Gasteiger partial charge in [0.2, 0.25) is 0 Å². The highest BCUT2D eigenvalue weighted by Crippen LogP contribution is 2.33. The fourth-order valence-electron chi connectivity index (χ4n) is 1.99. The summed E-state index contributed by atoms with van der Waals surface area (Å²) in [7, 11) is 1.69. The van der Waals surface area contributed by atoms with E-state index >= 15 is 0 Å². The van der Waals surface area contributed by atoms with Gasteiger partial charge in [-0.15, -0.1) is 0 Å². The van der Waals surface area contributed by atoms with Gasteiger partial charge in [0.05, 0.1) is 10.5 Å². The number of hydrogen-bond acceptors (Lipinski definition) is 1. The van der Waals surface area contributed by atoms with Crippen LogP contribution in [0.2, 0.25) is 10.0 Å². The van der Waals surface area contributed by atoms with Crippen molar-refractivity contribution in [3.63, 3.8) is 0 Å². The number of aromatic carboxylic acids is 1. The lowest BCUT2D eigenvalue weighted by atomic mass is 10.1. The zero-order chi connectivity index (χ0) is 12.0. The SMILES string of the molecule is Cc1c(C(=O)O)n(C)c2cc(Cl)cc(Cl)c12. The Morgan fingerprint density at radius 3 is 2.56 bits per heavy atom. The molecule has 0 bridgehead atoms. The molecule has 0 radical (unpaired) electrons. The van der Waals surface area contributed by atoms with E-state index in [1.165, 1.54) is 0 Å². The maximum atomic E-state index is 11.1. The van der Waals surface area contributed by atoms with Crippen molar-refractivity contribution in [3.8, 4) is 0 Å². The molecule has 2 aromatic rings. The zero-order valence-electron chi connectivity index (χ0n) is 8.71. The number of benzene rings is 1. The first-order chi connectivity index (χ1) is 7.43. The molecule has 0 spiro atoms. The van der Waals surface area contributed by atoms with E-state index in [0.29, 0.717) is 15.6 Å². The van der Waals surface area contributed by atoms with E-state index < -0.39 is 5.97 Å². The lowest BCUT2D eigenvalue weighted by Gasteiger charge is -2.00. The highest BCUT2D eigenvalue weighted by atomic mass is 35.5. The molecule has 0 amide bonds. The van der Waals surface area contributed by atoms with E-state index in [-0.39, 0.29) is 5.69 Å². The van der Waals surface area contributed by atoms with Crippen LogP contribution in [0.4, 0.5) is 0 Å². The van der Waals surface area contributed by atoms with Crippen molar-refractivity contribution >= 4 is 40.1 Å². The number of nitrogens with zero attached hydrogens (tertiary/aromatic N) is 1. The van der Waals surface area contributed by atoms with E-state index in [2.05, 4.69) is 0 Å². The molecule has 0 saturated heterocycles. The second-order valence-corrected chi connectivity index (χ2v) is 4.46. The Morgan fingerprint density at radius 2 is 2.00 bits per heavy atom. The average Bonchev–Trinajstić information content (AvgIpc) is 2.38. The van der Waals surface area contributed by atoms with Crippen LogP contribution in [0.1, 0.15) is 16.1 Å². The van der Waals surface area contributed by atoms with E-state index in [1.54, 1.807) is 30.7 Å². The lowest BCUT2D eigenvalue weighted by Crippen LogP contribution is -2.05. The number of carboxylic acid groups (broad SMARTS) is 1. The number of fused-ring (bicyclic) bond motifs is 1. The Bertz CT molecular complexity index is 602. The summed E-state index contributed by atoms with van der Waals surface area (Å²) in [4.78, 5) is 11.1. The summed E-state index contributed by atoms with van der Waals surface area (Å²) in [6.45, 7) is 1.74. The molecule has 1 N–H and O–H groups in total. The van der Waals surface area contributed by atoms with Gasteiger partial charge in [0.25, 0.3) is 0 Å². The average molecular weight is 258 g/mol. The Morgan fingerprint density at radius 1 is 1.38 bits per heavy atom. The van der Waals surface area contributed by atoms with E-state index in [1.807, 2.05) is 0 Å². The van der Waals surface area contributed by atoms with Crippen LogP contribution in [0.3, 0.4) is 0 Å². The summed E-state index contributed by atoms with van der Waals surface area (Å²) in [5.74, 6) is -0.969. The first-order valence-corrected chi connectivity index (χ1v) is 5.36. The number of rotatable bonds is 1. The minimum Gasteiger partial charge on any atom is -0.477 e. The van der Waals surface area contributed by atoms with Crippen molar-refractivity contribution in [1.29, 1.82) is 0 Å². The Kier molecular flexibility index (Phi) is 2.60. The van der Waals surface area contributed by atoms with E-state index in [4.69, 9.17) is 28.3 Å². The minimum atomic E-state index is -0.969. The monoisotopic (exact) mass is 257 g/mol. The Hall–Kier alpha value is -1.19. The van der Waals surface area contributed by atoms with Gasteiger partial charge in [-0.05, 0) is 24.6 Å². The molecule has 5 heteroatoms. The Labute approximate surface area is 102 Å². The predicted octanol–water partition coefficient (Wildman–Crippen LogP) is 3.49. The summed E-state index contributed by atoms with van der Waals surface area (Å²) in [6.07, 6.45) is 0. The van der Waals surface area contributed by atoms with Crippen LogP contribution in [0.5, 0.6) is 0 Å². The van der Waals surface area contributed by atoms with Crippen molar-refractivity contribution in [1.82, 2.24) is 4.57 Å². The van der Waals surface area contributed by atoms with Crippen molar-refractivity contribution in [3.05, 3.63) is 33.4 Å². The molecule has 2 rings (SSSR count). The smallest absolute Gasteiger partial charge is 0.352 e. The molecular formula is C11H9Cl2NO2. The van der Waals surface area contributed by atoms with Crippen LogP contribution in [0.25, 0.3) is 10.9 Å². The number of hydrogen-bond donors (Lipinski definition) is 1. The van der Waals surface area contributed by atoms with Crippen LogP contribution in [-0.4, -0.2) is 15.6 Å². The summed E-state index contributed by atoms with van der Waals surface area (Å²) >= 11 is 12.0. The van der Waals surface area contributed by atoms with Gasteiger partial charge in [-0.3, -0.25) is 0 Å². The van der Waals surface area contributed by atoms with Crippen LogP contribution < -0.4 is 0 Å². The zero-order valence-corrected chi connectivity index (χ0v) is 10.2. The first-order valence-electron chi connectivity index (χ1n) is 4.60. The van der Waals surface area contributed by atoms with Crippen molar-refractivity contribution in [2.75, 3.05) is 0 Å². The predicted molar refractivity (Wildman–Crippen MR) is 64.6 cm³/mol. The molecule has 0 saturated carbocycles. The minimum absolute atomic E-state index is 0.235. The molecule has 0 fully saturated rings. The highest BCUT2D eigenvalue weighted by molar-refractivity contribution is 6.39. The number of aryl methyl sites for hydroxylation is 2. The molecule has 1 aromatic carbocycles. The molecule has 0 aliphatic carbocycles. The van der Waals surface area contributed by atoms with Gasteiger partial charge >= 0.3 is 5.97 Å². The van der Waals surface area contributed by atoms with Gasteiger partial charge in [0.1, 0.15) is 5.69 Å². The number of aromatic nitrogens is 1. The van der Waals surface area contributed by atoms with E-state index in [0.717, 1.165) is 10.9 Å². The van der Waals surface area contributed by atoms with Crippen LogP contribution in [-0.2, 0) is 7.05 Å². The summed E-state index contributed by atoms with van der Waals surface area (Å²) in [5.41, 5.74) is 1.62. The molecule has 16 heavy (non-hydrogen) atoms. The van der Waals surface area contributed by atoms with Crippen molar-refractivity contribution in [2.45, 2.75) is 6.92 Å². The quantitative estimate of drug-likeness (QED) is 0.850. The van der Waals surface area contributed by atoms with Gasteiger partial charge in [-0.2, -0.15) is 0 Å². The second kappa shape index (κ2) is 3.68. The number of halogens is 2. The number of carbonyl (C=O) groups is 1. The molecular weight excluding hydrogens is 249 g/mol. The van der Waals surface area contributed by atoms with Gasteiger partial charge in [0.15, 0.2) is 0 Å². The van der Waals surface area contributed by atoms with Crippen LogP contribution >= 0.6 is 23.2 Å². The summed E-state index contributed by atoms with van der Waals surface area (Å²) in [6, 6.07) is 3.33. The standard InChI is InChI=1S/C11H9Cl2NO2/c1-5-9-7(13)3-6(12)4-8(9)14(2)10(5)11(15)16/h3-4H,1-2H3,(H,15,16). The molecule has 84 valence electrons. The fraction of sp³-hybridized carbons (Fsp3) is 0.182. The van der Waals surface area contributed by atoms with E-state index in [9.17, 15) is 4.79 Å². The highest BCUT2D eigenvalue weighted by Gasteiger charge is 2.19. The summed E-state index contributed by atoms with van der Waals surface area (Å²) in [5, 5.41) is 10.8. The van der Waals surface area contributed by atoms with Gasteiger partial charge in [0, 0.05) is 17.5 Å². The Balaban J connectivity index is 2.99. The third-order valence-corrected chi connectivity index (χ3v) is 3.18. The van der Waals surface area contributed by atoms with Gasteiger partial charge in [-0.25, -0.2) is 4.79 Å². The fourth-order valence-corrected chi connectivity index (χ4v) is 2.61. The maximum Gasteiger partial charge on any atom is 0.352 e. The van der Waals surface area contributed by atoms with Crippen molar-refractivity contribution < 1.29 is 9.90 Å². The molecule has 0 atom stereocenters. The maximum absolute atomic E-state index is 11.1. The van der Waals surface area contributed by atoms with Crippen LogP contribution in [0.15, 0.2) is 12.1 Å². The summed E-state index contributed by atoms with van der Waals surface area (Å²) < 4.78 is 1.59. The molecule has 1 heterocycles. The molecule has 0 unspecified atom stereocenters. The van der Waals surface area contributed by atoms with Crippen LogP contribution in [0, 0.1) is 6.92 Å². The number of carboxylic acids is 1. The topological polar surface area (TPSA) is 42.2 Å². The molecule has 1 aromatic heterocycles. The lowest BCUT2D eigenvalue weighted by molar-refractivity contribution is 0.0686.